The third-order valence-corrected chi connectivity index (χ3v) is 8.41. The zero-order valence-corrected chi connectivity index (χ0v) is 23.4. The van der Waals surface area contributed by atoms with E-state index in [4.69, 9.17) is 4.74 Å². The van der Waals surface area contributed by atoms with Crippen LogP contribution in [0.1, 0.15) is 40.9 Å². The molecule has 4 aromatic rings. The second-order valence-electron chi connectivity index (χ2n) is 10.2. The number of amides is 1. The third-order valence-electron chi connectivity index (χ3n) is 6.91. The lowest BCUT2D eigenvalue weighted by Crippen LogP contribution is -2.50. The lowest BCUT2D eigenvalue weighted by atomic mass is 9.93. The van der Waals surface area contributed by atoms with Gasteiger partial charge in [-0.15, -0.1) is 0 Å². The smallest absolute Gasteiger partial charge is 0.251 e. The average Bonchev–Trinajstić information content (AvgIpc) is 3.33. The molecule has 0 fully saturated rings. The van der Waals surface area contributed by atoms with Crippen LogP contribution in [0.2, 0.25) is 0 Å². The summed E-state index contributed by atoms with van der Waals surface area (Å²) in [7, 11) is -1.03. The van der Waals surface area contributed by atoms with Crippen LogP contribution >= 0.6 is 0 Å². The van der Waals surface area contributed by atoms with Crippen molar-refractivity contribution in [2.45, 2.75) is 49.6 Å². The van der Waals surface area contributed by atoms with Gasteiger partial charge in [0.05, 0.1) is 18.8 Å². The van der Waals surface area contributed by atoms with Crippen LogP contribution < -0.4 is 14.8 Å². The molecule has 1 heterocycles. The number of rotatable bonds is 11. The molecule has 1 atom stereocenters. The number of carbonyl (C=O) groups excluding carboxylic acids is 1. The average molecular weight is 550 g/mol. The van der Waals surface area contributed by atoms with Gasteiger partial charge in [0.25, 0.3) is 5.91 Å². The summed E-state index contributed by atoms with van der Waals surface area (Å²) in [5, 5.41) is 14.5. The highest BCUT2D eigenvalue weighted by Gasteiger charge is 2.33. The van der Waals surface area contributed by atoms with Crippen molar-refractivity contribution < 1.29 is 23.1 Å². The lowest BCUT2D eigenvalue weighted by molar-refractivity contribution is 0.0461. The number of nitrogens with one attached hydrogen (secondary N) is 3. The van der Waals surface area contributed by atoms with E-state index in [-0.39, 0.29) is 16.6 Å². The van der Waals surface area contributed by atoms with E-state index < -0.39 is 21.7 Å². The van der Waals surface area contributed by atoms with Crippen molar-refractivity contribution in [1.29, 1.82) is 0 Å². The molecule has 4 N–H and O–H groups in total. The summed E-state index contributed by atoms with van der Waals surface area (Å²) in [6.45, 7) is 3.19. The molecule has 0 saturated heterocycles. The number of fused-ring (bicyclic) bond motifs is 1. The Morgan fingerprint density at radius 3 is 2.36 bits per heavy atom. The monoisotopic (exact) mass is 549 g/mol. The molecule has 0 radical (unpaired) electrons. The minimum absolute atomic E-state index is 0.0191. The maximum Gasteiger partial charge on any atom is 0.251 e. The first-order valence-corrected chi connectivity index (χ1v) is 14.3. The number of carbonyl (C=O) groups is 1. The van der Waals surface area contributed by atoms with E-state index in [0.29, 0.717) is 24.8 Å². The summed E-state index contributed by atoms with van der Waals surface area (Å²) in [5.74, 6) is 0.0795. The van der Waals surface area contributed by atoms with Gasteiger partial charge < -0.3 is 20.1 Å². The van der Waals surface area contributed by atoms with Crippen molar-refractivity contribution >= 4 is 26.8 Å². The lowest BCUT2D eigenvalue weighted by Gasteiger charge is -2.30. The van der Waals surface area contributed by atoms with Crippen LogP contribution in [0.25, 0.3) is 10.9 Å². The second-order valence-corrected chi connectivity index (χ2v) is 11.8. The molecule has 0 aliphatic rings. The van der Waals surface area contributed by atoms with Gasteiger partial charge in [-0.25, -0.2) is 13.1 Å². The van der Waals surface area contributed by atoms with Crippen molar-refractivity contribution in [3.8, 4) is 5.75 Å². The normalized spacial score (nSPS) is 12.8. The number of aliphatic hydroxyl groups is 1. The highest BCUT2D eigenvalue weighted by Crippen LogP contribution is 2.28. The molecule has 8 nitrogen and oxygen atoms in total. The van der Waals surface area contributed by atoms with Gasteiger partial charge in [-0.3, -0.25) is 4.79 Å². The van der Waals surface area contributed by atoms with Crippen molar-refractivity contribution in [2.24, 2.45) is 0 Å². The molecule has 0 spiro atoms. The summed E-state index contributed by atoms with van der Waals surface area (Å²) >= 11 is 0. The number of aryl methyl sites for hydroxylation is 2. The Morgan fingerprint density at radius 2 is 1.69 bits per heavy atom. The Bertz CT molecular complexity index is 1550. The third kappa shape index (κ3) is 6.68. The quantitative estimate of drug-likeness (QED) is 0.226. The first-order valence-electron chi connectivity index (χ1n) is 12.8. The maximum atomic E-state index is 13.7. The van der Waals surface area contributed by atoms with Crippen molar-refractivity contribution in [1.82, 2.24) is 15.0 Å². The summed E-state index contributed by atoms with van der Waals surface area (Å²) in [4.78, 5) is 15.0. The number of para-hydroxylation sites is 1. The van der Waals surface area contributed by atoms with Crippen LogP contribution in [0.15, 0.2) is 77.8 Å². The maximum absolute atomic E-state index is 13.7. The molecule has 0 aliphatic heterocycles. The summed E-state index contributed by atoms with van der Waals surface area (Å²) in [5.41, 5.74) is 2.95. The summed E-state index contributed by atoms with van der Waals surface area (Å²) in [6, 6.07) is 19.4. The zero-order valence-electron chi connectivity index (χ0n) is 22.6. The molecular formula is C30H35N3O5S. The molecule has 206 valence electrons. The molecular weight excluding hydrogens is 514 g/mol. The predicted octanol–water partition coefficient (Wildman–Crippen LogP) is 3.98. The van der Waals surface area contributed by atoms with Crippen LogP contribution in [-0.2, 0) is 29.3 Å². The molecule has 3 aromatic carbocycles. The minimum Gasteiger partial charge on any atom is -0.495 e. The largest absolute Gasteiger partial charge is 0.495 e. The number of hydrogen-bond acceptors (Lipinski definition) is 5. The van der Waals surface area contributed by atoms with Gasteiger partial charge in [-0.1, -0.05) is 36.4 Å². The van der Waals surface area contributed by atoms with Gasteiger partial charge in [-0.05, 0) is 80.1 Å². The molecule has 4 rings (SSSR count). The number of methoxy groups -OCH3 is 1. The highest BCUT2D eigenvalue weighted by molar-refractivity contribution is 7.89. The van der Waals surface area contributed by atoms with Gasteiger partial charge >= 0.3 is 0 Å². The Hall–Kier alpha value is -3.66. The van der Waals surface area contributed by atoms with E-state index in [2.05, 4.69) is 15.0 Å². The molecule has 39 heavy (non-hydrogen) atoms. The van der Waals surface area contributed by atoms with E-state index in [1.54, 1.807) is 45.2 Å². The standard InChI is InChI=1S/C30H35N3O5S/c1-30(2,35)28(18-23-19-32-25-8-6-5-7-24(23)25)33-39(36,37)27-17-21(13-16-26(27)38-4)10-9-20-11-14-22(15-12-20)29(34)31-3/h5-8,11-17,19,28,32-33,35H,9-10,18H2,1-4H3,(H,31,34)/t28-/m1/s1. The molecule has 1 amide bonds. The first-order chi connectivity index (χ1) is 18.5. The van der Waals surface area contributed by atoms with E-state index in [0.717, 1.165) is 27.6 Å². The van der Waals surface area contributed by atoms with Crippen LogP contribution in [0, 0.1) is 0 Å². The fourth-order valence-corrected chi connectivity index (χ4v) is 6.15. The number of hydrogen-bond donors (Lipinski definition) is 4. The fraction of sp³-hybridized carbons (Fsp3) is 0.300. The van der Waals surface area contributed by atoms with Gasteiger partial charge in [0.1, 0.15) is 10.6 Å². The van der Waals surface area contributed by atoms with E-state index in [1.807, 2.05) is 48.7 Å². The van der Waals surface area contributed by atoms with E-state index in [1.165, 1.54) is 7.11 Å². The van der Waals surface area contributed by atoms with Gasteiger partial charge in [0, 0.05) is 29.7 Å². The second kappa shape index (κ2) is 11.6. The molecule has 0 unspecified atom stereocenters. The number of ether oxygens (including phenoxy) is 1. The number of benzene rings is 3. The topological polar surface area (TPSA) is 121 Å². The van der Waals surface area contributed by atoms with Crippen LogP contribution in [0.4, 0.5) is 0 Å². The Morgan fingerprint density at radius 1 is 1.03 bits per heavy atom. The van der Waals surface area contributed by atoms with Crippen molar-refractivity contribution in [3.05, 3.63) is 95.2 Å². The van der Waals surface area contributed by atoms with Gasteiger partial charge in [0.2, 0.25) is 10.0 Å². The Balaban J connectivity index is 1.56. The van der Waals surface area contributed by atoms with Crippen molar-refractivity contribution in [3.63, 3.8) is 0 Å². The highest BCUT2D eigenvalue weighted by atomic mass is 32.2. The van der Waals surface area contributed by atoms with E-state index >= 15 is 0 Å². The van der Waals surface area contributed by atoms with Crippen LogP contribution in [0.5, 0.6) is 5.75 Å². The predicted molar refractivity (Wildman–Crippen MR) is 153 cm³/mol. The SMILES string of the molecule is CNC(=O)c1ccc(CCc2ccc(OC)c(S(=O)(=O)N[C@H](Cc3c[nH]c4ccccc34)C(C)(C)O)c2)cc1. The molecule has 1 aromatic heterocycles. The summed E-state index contributed by atoms with van der Waals surface area (Å²) < 4.78 is 35.5. The van der Waals surface area contributed by atoms with Gasteiger partial charge in [0.15, 0.2) is 0 Å². The number of aromatic amines is 1. The van der Waals surface area contributed by atoms with Crippen LogP contribution in [-0.4, -0.2) is 50.2 Å². The summed E-state index contributed by atoms with van der Waals surface area (Å²) in [6.07, 6.45) is 3.40. The number of aromatic nitrogens is 1. The number of H-pyrrole nitrogens is 1. The van der Waals surface area contributed by atoms with Crippen LogP contribution in [0.3, 0.4) is 0 Å². The Kier molecular flexibility index (Phi) is 8.44. The molecule has 9 heteroatoms. The zero-order chi connectivity index (χ0) is 28.2. The number of sulfonamides is 1. The molecule has 0 aliphatic carbocycles. The Labute approximate surface area is 229 Å². The fourth-order valence-electron chi connectivity index (χ4n) is 4.55. The first kappa shape index (κ1) is 28.4. The molecule has 0 saturated carbocycles. The van der Waals surface area contributed by atoms with Gasteiger partial charge in [-0.2, -0.15) is 0 Å². The minimum atomic E-state index is -4.06. The molecule has 0 bridgehead atoms. The van der Waals surface area contributed by atoms with Crippen molar-refractivity contribution in [2.75, 3.05) is 14.2 Å². The van der Waals surface area contributed by atoms with E-state index in [9.17, 15) is 18.3 Å².